The van der Waals surface area contributed by atoms with E-state index in [0.717, 1.165) is 20.1 Å². The van der Waals surface area contributed by atoms with Crippen LogP contribution in [0, 0.1) is 18.3 Å². The van der Waals surface area contributed by atoms with Crippen LogP contribution in [0.3, 0.4) is 0 Å². The van der Waals surface area contributed by atoms with E-state index in [1.807, 2.05) is 43.3 Å². The lowest BCUT2D eigenvalue weighted by molar-refractivity contribution is -0.112. The van der Waals surface area contributed by atoms with Gasteiger partial charge in [0.1, 0.15) is 23.2 Å². The minimum absolute atomic E-state index is 0.0427. The second-order valence-electron chi connectivity index (χ2n) is 5.82. The topological polar surface area (TPSA) is 66.0 Å². The summed E-state index contributed by atoms with van der Waals surface area (Å²) < 4.78 is 7.55. The van der Waals surface area contributed by atoms with Crippen LogP contribution in [0.2, 0.25) is 0 Å². The van der Waals surface area contributed by atoms with Crippen molar-refractivity contribution < 1.29 is 9.21 Å². The maximum absolute atomic E-state index is 12.4. The molecule has 0 spiro atoms. The fourth-order valence-electron chi connectivity index (χ4n) is 2.45. The van der Waals surface area contributed by atoms with E-state index in [1.165, 1.54) is 6.08 Å². The van der Waals surface area contributed by atoms with Gasteiger partial charge in [-0.1, -0.05) is 44.0 Å². The molecule has 0 unspecified atom stereocenters. The summed E-state index contributed by atoms with van der Waals surface area (Å²) >= 11 is 6.87. The molecule has 2 aromatic carbocycles. The van der Waals surface area contributed by atoms with Crippen LogP contribution in [0.15, 0.2) is 73.5 Å². The number of halogens is 2. The molecule has 3 aromatic rings. The van der Waals surface area contributed by atoms with E-state index in [0.29, 0.717) is 17.2 Å². The number of rotatable bonds is 4. The van der Waals surface area contributed by atoms with Gasteiger partial charge in [-0.05, 0) is 55.0 Å². The van der Waals surface area contributed by atoms with Gasteiger partial charge in [0.2, 0.25) is 0 Å². The Hall–Kier alpha value is -2.62. The summed E-state index contributed by atoms with van der Waals surface area (Å²) in [6.45, 7) is 2.01. The fourth-order valence-corrected chi connectivity index (χ4v) is 3.54. The van der Waals surface area contributed by atoms with E-state index >= 15 is 0 Å². The van der Waals surface area contributed by atoms with Crippen molar-refractivity contribution in [2.45, 2.75) is 6.92 Å². The van der Waals surface area contributed by atoms with Crippen LogP contribution in [-0.4, -0.2) is 5.91 Å². The Bertz CT molecular complexity index is 1080. The molecular formula is C21H14Br2N2O2. The van der Waals surface area contributed by atoms with E-state index in [-0.39, 0.29) is 5.57 Å². The largest absolute Gasteiger partial charge is 0.457 e. The Morgan fingerprint density at radius 1 is 1.15 bits per heavy atom. The second kappa shape index (κ2) is 8.38. The molecule has 3 rings (SSSR count). The highest BCUT2D eigenvalue weighted by Crippen LogP contribution is 2.31. The van der Waals surface area contributed by atoms with Gasteiger partial charge >= 0.3 is 0 Å². The molecule has 1 amide bonds. The molecule has 4 nitrogen and oxygen atoms in total. The highest BCUT2D eigenvalue weighted by molar-refractivity contribution is 9.10. The van der Waals surface area contributed by atoms with Crippen molar-refractivity contribution in [1.82, 2.24) is 0 Å². The molecule has 0 saturated carbocycles. The standard InChI is InChI=1S/C21H14Br2N2O2/c1-13-5-7-18(19(23)9-13)20-8-6-17(27-20)10-14(12-24)21(26)25-16-4-2-3-15(22)11-16/h2-11H,1H3,(H,25,26)/b14-10+. The first kappa shape index (κ1) is 19.2. The van der Waals surface area contributed by atoms with Gasteiger partial charge in [-0.3, -0.25) is 4.79 Å². The SMILES string of the molecule is Cc1ccc(-c2ccc(/C=C(\C#N)C(=O)Nc3cccc(Br)c3)o2)c(Br)c1. The van der Waals surface area contributed by atoms with Gasteiger partial charge in [0, 0.05) is 26.3 Å². The molecule has 134 valence electrons. The normalized spacial score (nSPS) is 11.1. The number of aryl methyl sites for hydroxylation is 1. The summed E-state index contributed by atoms with van der Waals surface area (Å²) in [7, 11) is 0. The summed E-state index contributed by atoms with van der Waals surface area (Å²) in [6, 6.07) is 18.6. The van der Waals surface area contributed by atoms with Crippen molar-refractivity contribution in [1.29, 1.82) is 5.26 Å². The van der Waals surface area contributed by atoms with Crippen LogP contribution < -0.4 is 5.32 Å². The number of amides is 1. The summed E-state index contributed by atoms with van der Waals surface area (Å²) in [5.74, 6) is 0.585. The van der Waals surface area contributed by atoms with Gasteiger partial charge in [-0.15, -0.1) is 0 Å². The number of benzene rings is 2. The van der Waals surface area contributed by atoms with Crippen LogP contribution in [0.4, 0.5) is 5.69 Å². The molecule has 1 heterocycles. The van der Waals surface area contributed by atoms with E-state index in [1.54, 1.807) is 24.3 Å². The van der Waals surface area contributed by atoms with Gasteiger partial charge in [-0.25, -0.2) is 0 Å². The molecule has 1 aromatic heterocycles. The number of nitrogens with one attached hydrogen (secondary N) is 1. The van der Waals surface area contributed by atoms with Crippen molar-refractivity contribution in [2.75, 3.05) is 5.32 Å². The van der Waals surface area contributed by atoms with Crippen molar-refractivity contribution in [3.05, 3.63) is 80.4 Å². The number of furan rings is 1. The summed E-state index contributed by atoms with van der Waals surface area (Å²) in [5.41, 5.74) is 2.59. The maximum atomic E-state index is 12.4. The number of carbonyl (C=O) groups excluding carboxylic acids is 1. The summed E-state index contributed by atoms with van der Waals surface area (Å²) in [5, 5.41) is 12.1. The third-order valence-corrected chi connectivity index (χ3v) is 4.90. The lowest BCUT2D eigenvalue weighted by atomic mass is 10.1. The van der Waals surface area contributed by atoms with Crippen LogP contribution >= 0.6 is 31.9 Å². The lowest BCUT2D eigenvalue weighted by Crippen LogP contribution is -2.13. The third kappa shape index (κ3) is 4.76. The molecule has 0 bridgehead atoms. The van der Waals surface area contributed by atoms with E-state index in [2.05, 4.69) is 37.2 Å². The van der Waals surface area contributed by atoms with Gasteiger partial charge in [-0.2, -0.15) is 5.26 Å². The predicted octanol–water partition coefficient (Wildman–Crippen LogP) is 6.33. The lowest BCUT2D eigenvalue weighted by Gasteiger charge is -2.04. The zero-order chi connectivity index (χ0) is 19.4. The number of hydrogen-bond donors (Lipinski definition) is 1. The summed E-state index contributed by atoms with van der Waals surface area (Å²) in [6.07, 6.45) is 1.43. The number of carbonyl (C=O) groups is 1. The van der Waals surface area contributed by atoms with Crippen molar-refractivity contribution in [3.8, 4) is 17.4 Å². The van der Waals surface area contributed by atoms with Gasteiger partial charge < -0.3 is 9.73 Å². The van der Waals surface area contributed by atoms with Crippen molar-refractivity contribution in [3.63, 3.8) is 0 Å². The third-order valence-electron chi connectivity index (χ3n) is 3.75. The summed E-state index contributed by atoms with van der Waals surface area (Å²) in [4.78, 5) is 12.4. The highest BCUT2D eigenvalue weighted by Gasteiger charge is 2.12. The van der Waals surface area contributed by atoms with E-state index < -0.39 is 5.91 Å². The molecular weight excluding hydrogens is 472 g/mol. The zero-order valence-corrected chi connectivity index (χ0v) is 17.5. The van der Waals surface area contributed by atoms with Gasteiger partial charge in [0.25, 0.3) is 5.91 Å². The van der Waals surface area contributed by atoms with Crippen LogP contribution in [0.25, 0.3) is 17.4 Å². The number of hydrogen-bond acceptors (Lipinski definition) is 3. The first-order chi connectivity index (χ1) is 13.0. The minimum atomic E-state index is -0.495. The molecule has 6 heteroatoms. The van der Waals surface area contributed by atoms with Crippen molar-refractivity contribution in [2.24, 2.45) is 0 Å². The first-order valence-electron chi connectivity index (χ1n) is 8.01. The molecule has 1 N–H and O–H groups in total. The minimum Gasteiger partial charge on any atom is -0.457 e. The number of anilines is 1. The van der Waals surface area contributed by atoms with Crippen LogP contribution in [-0.2, 0) is 4.79 Å². The Morgan fingerprint density at radius 2 is 1.96 bits per heavy atom. The predicted molar refractivity (Wildman–Crippen MR) is 113 cm³/mol. The molecule has 27 heavy (non-hydrogen) atoms. The molecule has 0 aliphatic carbocycles. The van der Waals surface area contributed by atoms with Crippen LogP contribution in [0.5, 0.6) is 0 Å². The smallest absolute Gasteiger partial charge is 0.266 e. The fraction of sp³-hybridized carbons (Fsp3) is 0.0476. The molecule has 0 atom stereocenters. The van der Waals surface area contributed by atoms with E-state index in [4.69, 9.17) is 4.42 Å². The second-order valence-corrected chi connectivity index (χ2v) is 7.59. The average molecular weight is 486 g/mol. The number of nitriles is 1. The molecule has 0 aliphatic rings. The number of nitrogens with zero attached hydrogens (tertiary/aromatic N) is 1. The van der Waals surface area contributed by atoms with Gasteiger partial charge in [0.05, 0.1) is 0 Å². The van der Waals surface area contributed by atoms with Crippen molar-refractivity contribution >= 4 is 49.5 Å². The quantitative estimate of drug-likeness (QED) is 0.347. The average Bonchev–Trinajstić information content (AvgIpc) is 3.08. The Labute approximate surface area is 173 Å². The first-order valence-corrected chi connectivity index (χ1v) is 9.60. The zero-order valence-electron chi connectivity index (χ0n) is 14.3. The maximum Gasteiger partial charge on any atom is 0.266 e. The molecule has 0 radical (unpaired) electrons. The Morgan fingerprint density at radius 3 is 2.67 bits per heavy atom. The highest BCUT2D eigenvalue weighted by atomic mass is 79.9. The molecule has 0 aliphatic heterocycles. The molecule has 0 fully saturated rings. The van der Waals surface area contributed by atoms with E-state index in [9.17, 15) is 10.1 Å². The Kier molecular flexibility index (Phi) is 5.94. The Balaban J connectivity index is 1.83. The monoisotopic (exact) mass is 484 g/mol. The molecule has 0 saturated heterocycles. The van der Waals surface area contributed by atoms with Crippen LogP contribution in [0.1, 0.15) is 11.3 Å². The van der Waals surface area contributed by atoms with Gasteiger partial charge in [0.15, 0.2) is 0 Å².